The second-order valence-corrected chi connectivity index (χ2v) is 26.1. The number of ketones is 1. The summed E-state index contributed by atoms with van der Waals surface area (Å²) in [5, 5.41) is 33.0. The van der Waals surface area contributed by atoms with E-state index in [2.05, 4.69) is 126 Å². The van der Waals surface area contributed by atoms with Crippen LogP contribution in [0.1, 0.15) is 48.8 Å². The number of carboxylic acids is 2. The number of carboxylic acid groups (broad SMARTS) is 2. The molecule has 3 fully saturated rings. The Morgan fingerprint density at radius 3 is 1.22 bits per heavy atom. The molecule has 1 amide bonds. The number of carbonyl (C=O) groups excluding carboxylic acids is 2. The number of para-hydroxylation sites is 3. The maximum absolute atomic E-state index is 12.4. The molecule has 6 heterocycles. The van der Waals surface area contributed by atoms with Gasteiger partial charge in [0.2, 0.25) is 5.91 Å². The Morgan fingerprint density at radius 1 is 0.532 bits per heavy atom. The normalized spacial score (nSPS) is 16.8. The van der Waals surface area contributed by atoms with Crippen molar-refractivity contribution in [2.75, 3.05) is 134 Å². The summed E-state index contributed by atoms with van der Waals surface area (Å²) in [7, 11) is 6.49. The molecule has 21 nitrogen and oxygen atoms in total. The van der Waals surface area contributed by atoms with Crippen LogP contribution in [0.25, 0.3) is 0 Å². The van der Waals surface area contributed by atoms with Crippen molar-refractivity contribution < 1.29 is 29.4 Å². The summed E-state index contributed by atoms with van der Waals surface area (Å²) in [5.74, 6) is -0.562. The first-order valence-corrected chi connectivity index (χ1v) is 34.1. The maximum Gasteiger partial charge on any atom is 0.320 e. The van der Waals surface area contributed by atoms with Crippen molar-refractivity contribution in [3.63, 3.8) is 0 Å². The molecular formula is C69H84Cl3N15O6S. The number of nitrogens with two attached hydrogens (primary N) is 2. The molecule has 3 unspecified atom stereocenters. The van der Waals surface area contributed by atoms with Gasteiger partial charge in [-0.05, 0) is 144 Å². The number of carbonyl (C=O) groups is 4. The van der Waals surface area contributed by atoms with Crippen molar-refractivity contribution in [2.45, 2.75) is 44.2 Å². The third-order valence-corrected chi connectivity index (χ3v) is 18.3. The molecular weight excluding hydrogens is 1270 g/mol. The van der Waals surface area contributed by atoms with Crippen molar-refractivity contribution >= 4 is 139 Å². The fourth-order valence-electron chi connectivity index (χ4n) is 11.3. The van der Waals surface area contributed by atoms with Crippen LogP contribution in [0.4, 0.5) is 51.2 Å². The largest absolute Gasteiger partial charge is 0.481 e. The van der Waals surface area contributed by atoms with Crippen LogP contribution in [0.5, 0.6) is 0 Å². The lowest BCUT2D eigenvalue weighted by Crippen LogP contribution is -2.47. The lowest BCUT2D eigenvalue weighted by Gasteiger charge is -2.34. The predicted octanol–water partition coefficient (Wildman–Crippen LogP) is 10.6. The highest BCUT2D eigenvalue weighted by Crippen LogP contribution is 2.40. The first kappa shape index (κ1) is 70.5. The van der Waals surface area contributed by atoms with Gasteiger partial charge < -0.3 is 72.3 Å². The summed E-state index contributed by atoms with van der Waals surface area (Å²) in [6, 6.07) is 40.5. The number of hydrogen-bond acceptors (Lipinski definition) is 19. The summed E-state index contributed by atoms with van der Waals surface area (Å²) < 4.78 is 0. The number of anilines is 6. The van der Waals surface area contributed by atoms with Crippen molar-refractivity contribution in [3.8, 4) is 0 Å². The van der Waals surface area contributed by atoms with E-state index in [4.69, 9.17) is 66.4 Å². The number of amides is 1. The number of benzene rings is 6. The SMILES string of the molecule is CN1CCN(C2=Nc3cc(Cl)ccc3Nc3ccccc32)CC1.CN1CCN(C2=Nc3cc(Cl)ccc3Nc3ccccc32)CC1.CN1CCN(C2=Nc3cc(Cl)ccc3Nc3ccccc32)CC1.CSCC(NC(=O)CCC(N)C(=O)O)C(=O)CC(CCCN)C(=O)O. The summed E-state index contributed by atoms with van der Waals surface area (Å²) in [5.41, 5.74) is 23.0. The smallest absolute Gasteiger partial charge is 0.320 e. The van der Waals surface area contributed by atoms with Gasteiger partial charge in [0.15, 0.2) is 5.78 Å². The molecule has 6 aromatic rings. The molecule has 6 aromatic carbocycles. The number of amidine groups is 3. The van der Waals surface area contributed by atoms with E-state index in [-0.39, 0.29) is 25.0 Å². The summed E-state index contributed by atoms with van der Waals surface area (Å²) in [6.07, 6.45) is 2.20. The van der Waals surface area contributed by atoms with E-state index in [9.17, 15) is 24.3 Å². The Morgan fingerprint density at radius 2 is 0.894 bits per heavy atom. The van der Waals surface area contributed by atoms with Gasteiger partial charge in [-0.1, -0.05) is 71.2 Å². The van der Waals surface area contributed by atoms with Gasteiger partial charge in [0.05, 0.1) is 46.1 Å². The molecule has 0 aromatic heterocycles. The predicted molar refractivity (Wildman–Crippen MR) is 384 cm³/mol. The van der Waals surface area contributed by atoms with E-state index in [1.807, 2.05) is 72.8 Å². The van der Waals surface area contributed by atoms with Gasteiger partial charge in [-0.15, -0.1) is 0 Å². The minimum absolute atomic E-state index is 0.0460. The van der Waals surface area contributed by atoms with Crippen LogP contribution in [0.3, 0.4) is 0 Å². The van der Waals surface area contributed by atoms with E-state index in [0.717, 1.165) is 164 Å². The van der Waals surface area contributed by atoms with E-state index in [0.29, 0.717) is 40.2 Å². The second kappa shape index (κ2) is 34.1. The lowest BCUT2D eigenvalue weighted by atomic mass is 9.94. The van der Waals surface area contributed by atoms with Gasteiger partial charge in [-0.25, -0.2) is 15.0 Å². The average Bonchev–Trinajstić information content (AvgIpc) is 1.65. The minimum atomic E-state index is -1.20. The van der Waals surface area contributed by atoms with Crippen LogP contribution >= 0.6 is 46.6 Å². The third kappa shape index (κ3) is 19.2. The number of likely N-dealkylation sites (N-methyl/N-ethyl adjacent to an activating group) is 3. The number of thioether (sulfide) groups is 1. The lowest BCUT2D eigenvalue weighted by molar-refractivity contribution is -0.144. The van der Waals surface area contributed by atoms with E-state index >= 15 is 0 Å². The molecule has 0 saturated carbocycles. The molecule has 6 aliphatic heterocycles. The molecule has 94 heavy (non-hydrogen) atoms. The van der Waals surface area contributed by atoms with Crippen molar-refractivity contribution in [3.05, 3.63) is 159 Å². The number of nitrogens with one attached hydrogen (secondary N) is 4. The summed E-state index contributed by atoms with van der Waals surface area (Å²) in [6.45, 7) is 12.6. The molecule has 0 spiro atoms. The zero-order valence-corrected chi connectivity index (χ0v) is 56.6. The highest BCUT2D eigenvalue weighted by Gasteiger charge is 2.30. The second-order valence-electron chi connectivity index (χ2n) is 23.9. The third-order valence-electron chi connectivity index (χ3n) is 16.9. The number of hydrogen-bond donors (Lipinski definition) is 8. The summed E-state index contributed by atoms with van der Waals surface area (Å²) in [4.78, 5) is 75.2. The number of fused-ring (bicyclic) bond motifs is 6. The number of aliphatic carboxylic acids is 2. The molecule has 3 atom stereocenters. The van der Waals surface area contributed by atoms with Gasteiger partial charge >= 0.3 is 11.9 Å². The van der Waals surface area contributed by atoms with Gasteiger partial charge in [0.1, 0.15) is 23.5 Å². The fourth-order valence-corrected chi connectivity index (χ4v) is 12.4. The van der Waals surface area contributed by atoms with Gasteiger partial charge in [-0.3, -0.25) is 19.2 Å². The van der Waals surface area contributed by atoms with E-state index in [1.165, 1.54) is 11.8 Å². The van der Waals surface area contributed by atoms with E-state index in [1.54, 1.807) is 6.26 Å². The van der Waals surface area contributed by atoms with Crippen molar-refractivity contribution in [1.82, 2.24) is 34.7 Å². The van der Waals surface area contributed by atoms with Gasteiger partial charge in [0.25, 0.3) is 0 Å². The summed E-state index contributed by atoms with van der Waals surface area (Å²) >= 11 is 19.9. The topological polar surface area (TPSA) is 265 Å². The minimum Gasteiger partial charge on any atom is -0.481 e. The Bertz CT molecular complexity index is 3410. The zero-order valence-electron chi connectivity index (χ0n) is 53.5. The Kier molecular flexibility index (Phi) is 25.6. The standard InChI is InChI=1S/3C18H19ClN4.C15H27N3O6S/c3*1-22-8-10-23(11-9-22)18-14-4-2-3-5-15(14)20-16-7-6-13(19)12-17(16)21-18;1-25-8-11(18-13(20)5-4-10(17)15(23)24)12(19)7-9(14(21)22)3-2-6-16/h3*2-7,12,20H,8-11H2,1H3;9-11H,2-8,16-17H2,1H3,(H,18,20)(H,21,22)(H,23,24). The Balaban J connectivity index is 0.000000148. The fraction of sp³-hybridized carbons (Fsp3) is 0.377. The molecule has 25 heteroatoms. The van der Waals surface area contributed by atoms with Crippen LogP contribution in [-0.4, -0.2) is 211 Å². The van der Waals surface area contributed by atoms with E-state index < -0.39 is 35.8 Å². The van der Waals surface area contributed by atoms with Crippen LogP contribution in [0.2, 0.25) is 15.1 Å². The molecule has 12 rings (SSSR count). The van der Waals surface area contributed by atoms with Crippen LogP contribution in [0.15, 0.2) is 142 Å². The first-order valence-electron chi connectivity index (χ1n) is 31.6. The highest BCUT2D eigenvalue weighted by molar-refractivity contribution is 7.98. The molecule has 0 radical (unpaired) electrons. The number of nitrogens with zero attached hydrogens (tertiary/aromatic N) is 9. The quantitative estimate of drug-likeness (QED) is 0.0504. The van der Waals surface area contributed by atoms with Crippen LogP contribution < -0.4 is 32.7 Å². The zero-order chi connectivity index (χ0) is 66.8. The number of piperazine rings is 3. The molecule has 0 aliphatic carbocycles. The van der Waals surface area contributed by atoms with Crippen molar-refractivity contribution in [2.24, 2.45) is 32.4 Å². The maximum atomic E-state index is 12.4. The number of halogens is 3. The Hall–Kier alpha value is -7.77. The molecule has 3 saturated heterocycles. The van der Waals surface area contributed by atoms with Crippen molar-refractivity contribution in [1.29, 1.82) is 0 Å². The number of rotatable bonds is 14. The highest BCUT2D eigenvalue weighted by atomic mass is 35.5. The van der Waals surface area contributed by atoms with Crippen LogP contribution in [0, 0.1) is 5.92 Å². The number of Topliss-reactive ketones (excluding diaryl/α,β-unsaturated/α-hetero) is 1. The monoisotopic (exact) mass is 1360 g/mol. The molecule has 0 bridgehead atoms. The first-order chi connectivity index (χ1) is 45.3. The van der Waals surface area contributed by atoms with Gasteiger partial charge in [0, 0.05) is 146 Å². The Labute approximate surface area is 569 Å². The van der Waals surface area contributed by atoms with Gasteiger partial charge in [-0.2, -0.15) is 11.8 Å². The molecule has 10 N–H and O–H groups in total. The molecule has 6 aliphatic rings. The number of aliphatic imine (C=N–C) groups is 3. The molecule has 498 valence electrons. The average molecular weight is 1360 g/mol. The van der Waals surface area contributed by atoms with Crippen LogP contribution in [-0.2, 0) is 19.2 Å².